The quantitative estimate of drug-likeness (QED) is 0.491. The number of hydrogen-bond donors (Lipinski definition) is 3. The van der Waals surface area contributed by atoms with Gasteiger partial charge in [0.25, 0.3) is 0 Å². The largest absolute Gasteiger partial charge is 0.457 e. The second-order valence-electron chi connectivity index (χ2n) is 6.42. The number of anilines is 1. The van der Waals surface area contributed by atoms with E-state index in [-0.39, 0.29) is 18.1 Å². The summed E-state index contributed by atoms with van der Waals surface area (Å²) in [5, 5.41) is 9.09. The van der Waals surface area contributed by atoms with Crippen molar-refractivity contribution in [3.63, 3.8) is 0 Å². The molecule has 2 aromatic carbocycles. The van der Waals surface area contributed by atoms with Crippen molar-refractivity contribution in [3.8, 4) is 11.5 Å². The predicted molar refractivity (Wildman–Crippen MR) is 105 cm³/mol. The monoisotopic (exact) mass is 377 g/mol. The number of fused-ring (bicyclic) bond motifs is 1. The van der Waals surface area contributed by atoms with Gasteiger partial charge in [-0.25, -0.2) is 14.8 Å². The molecule has 4 aromatic rings. The van der Waals surface area contributed by atoms with Gasteiger partial charge in [-0.15, -0.1) is 0 Å². The van der Waals surface area contributed by atoms with Crippen LogP contribution in [0.5, 0.6) is 11.5 Å². The Morgan fingerprint density at radius 3 is 2.25 bits per heavy atom. The van der Waals surface area contributed by atoms with Crippen molar-refractivity contribution < 1.29 is 9.84 Å². The minimum atomic E-state index is -0.286. The van der Waals surface area contributed by atoms with Crippen molar-refractivity contribution in [2.75, 3.05) is 5.73 Å². The summed E-state index contributed by atoms with van der Waals surface area (Å²) in [6.07, 6.45) is 0. The van der Waals surface area contributed by atoms with Crippen molar-refractivity contribution in [2.45, 2.75) is 20.1 Å². The number of ether oxygens (including phenoxy) is 1. The zero-order valence-electron chi connectivity index (χ0n) is 15.2. The zero-order valence-corrected chi connectivity index (χ0v) is 15.2. The lowest BCUT2D eigenvalue weighted by molar-refractivity contribution is 0.281. The molecular formula is C20H19N5O3. The number of nitrogens with zero attached hydrogens (tertiary/aromatic N) is 3. The van der Waals surface area contributed by atoms with Crippen molar-refractivity contribution >= 4 is 17.0 Å². The van der Waals surface area contributed by atoms with Gasteiger partial charge in [0.1, 0.15) is 22.8 Å². The molecule has 142 valence electrons. The van der Waals surface area contributed by atoms with Gasteiger partial charge in [0, 0.05) is 0 Å². The number of benzene rings is 2. The van der Waals surface area contributed by atoms with E-state index in [9.17, 15) is 4.79 Å². The first kappa shape index (κ1) is 17.7. The summed E-state index contributed by atoms with van der Waals surface area (Å²) >= 11 is 0. The van der Waals surface area contributed by atoms with Crippen LogP contribution < -0.4 is 16.2 Å². The normalized spacial score (nSPS) is 11.1. The molecule has 8 heteroatoms. The molecule has 0 aliphatic heterocycles. The molecule has 8 nitrogen and oxygen atoms in total. The van der Waals surface area contributed by atoms with E-state index < -0.39 is 0 Å². The number of nitrogens with one attached hydrogen (secondary N) is 1. The lowest BCUT2D eigenvalue weighted by atomic mass is 10.2. The second kappa shape index (κ2) is 7.16. The molecule has 0 unspecified atom stereocenters. The zero-order chi connectivity index (χ0) is 19.7. The molecule has 2 heterocycles. The summed E-state index contributed by atoms with van der Waals surface area (Å²) in [6.45, 7) is 2.08. The van der Waals surface area contributed by atoms with E-state index in [1.54, 1.807) is 19.1 Å². The van der Waals surface area contributed by atoms with Crippen LogP contribution >= 0.6 is 0 Å². The maximum absolute atomic E-state index is 12.3. The molecule has 4 N–H and O–H groups in total. The summed E-state index contributed by atoms with van der Waals surface area (Å²) in [4.78, 5) is 23.4. The lowest BCUT2D eigenvalue weighted by Gasteiger charge is -2.08. The number of aliphatic hydroxyl groups is 1. The predicted octanol–water partition coefficient (Wildman–Crippen LogP) is 2.34. The highest BCUT2D eigenvalue weighted by Gasteiger charge is 2.13. The Balaban J connectivity index is 1.56. The number of nitrogens with two attached hydrogens (primary N) is 1. The van der Waals surface area contributed by atoms with Crippen LogP contribution in [0, 0.1) is 6.92 Å². The second-order valence-corrected chi connectivity index (χ2v) is 6.42. The summed E-state index contributed by atoms with van der Waals surface area (Å²) in [5.41, 5.74) is 8.27. The molecule has 0 radical (unpaired) electrons. The first-order chi connectivity index (χ1) is 13.5. The summed E-state index contributed by atoms with van der Waals surface area (Å²) in [7, 11) is 0. The Kier molecular flexibility index (Phi) is 4.54. The van der Waals surface area contributed by atoms with Crippen molar-refractivity contribution in [2.24, 2.45) is 0 Å². The third-order valence-corrected chi connectivity index (χ3v) is 4.37. The summed E-state index contributed by atoms with van der Waals surface area (Å²) in [6, 6.07) is 14.7. The fourth-order valence-electron chi connectivity index (χ4n) is 2.96. The van der Waals surface area contributed by atoms with Gasteiger partial charge in [-0.1, -0.05) is 24.3 Å². The fourth-order valence-corrected chi connectivity index (χ4v) is 2.96. The Morgan fingerprint density at radius 1 is 1.04 bits per heavy atom. The number of hydrogen-bond acceptors (Lipinski definition) is 6. The maximum Gasteiger partial charge on any atom is 0.328 e. The van der Waals surface area contributed by atoms with Gasteiger partial charge in [0.2, 0.25) is 0 Å². The third-order valence-electron chi connectivity index (χ3n) is 4.37. The van der Waals surface area contributed by atoms with E-state index in [2.05, 4.69) is 15.0 Å². The Hall–Kier alpha value is -3.65. The number of rotatable bonds is 5. The van der Waals surface area contributed by atoms with Crippen LogP contribution in [0.15, 0.2) is 53.3 Å². The number of imidazole rings is 1. The van der Waals surface area contributed by atoms with E-state index in [1.807, 2.05) is 36.4 Å². The van der Waals surface area contributed by atoms with Gasteiger partial charge < -0.3 is 20.6 Å². The first-order valence-electron chi connectivity index (χ1n) is 8.72. The molecule has 0 amide bonds. The highest BCUT2D eigenvalue weighted by molar-refractivity contribution is 5.81. The molecule has 0 aliphatic rings. The molecule has 0 bridgehead atoms. The van der Waals surface area contributed by atoms with Gasteiger partial charge in [0.05, 0.1) is 13.2 Å². The highest BCUT2D eigenvalue weighted by atomic mass is 16.5. The van der Waals surface area contributed by atoms with Gasteiger partial charge in [-0.3, -0.25) is 4.57 Å². The topological polar surface area (TPSA) is 119 Å². The van der Waals surface area contributed by atoms with E-state index in [1.165, 1.54) is 4.57 Å². The third kappa shape index (κ3) is 3.45. The number of aromatic nitrogens is 4. The van der Waals surface area contributed by atoms with Crippen LogP contribution in [0.3, 0.4) is 0 Å². The smallest absolute Gasteiger partial charge is 0.328 e. The van der Waals surface area contributed by atoms with Crippen LogP contribution in [0.2, 0.25) is 0 Å². The van der Waals surface area contributed by atoms with Gasteiger partial charge in [0.15, 0.2) is 11.5 Å². The summed E-state index contributed by atoms with van der Waals surface area (Å²) in [5.74, 6) is 2.12. The number of aryl methyl sites for hydroxylation is 1. The Bertz CT molecular complexity index is 1180. The Morgan fingerprint density at radius 2 is 1.64 bits per heavy atom. The maximum atomic E-state index is 12.3. The molecule has 0 spiro atoms. The van der Waals surface area contributed by atoms with E-state index in [4.69, 9.17) is 15.6 Å². The van der Waals surface area contributed by atoms with Crippen LogP contribution in [-0.4, -0.2) is 24.6 Å². The average Bonchev–Trinajstić information content (AvgIpc) is 3.00. The molecule has 28 heavy (non-hydrogen) atoms. The molecule has 0 atom stereocenters. The molecule has 0 saturated carbocycles. The molecule has 0 fully saturated rings. The van der Waals surface area contributed by atoms with Crippen molar-refractivity contribution in [1.82, 2.24) is 19.5 Å². The molecule has 0 saturated heterocycles. The number of H-pyrrole nitrogens is 1. The molecule has 4 rings (SSSR count). The molecule has 0 aliphatic carbocycles. The van der Waals surface area contributed by atoms with Gasteiger partial charge in [-0.2, -0.15) is 0 Å². The summed E-state index contributed by atoms with van der Waals surface area (Å²) < 4.78 is 7.33. The number of nitrogen functional groups attached to an aromatic ring is 1. The van der Waals surface area contributed by atoms with E-state index in [0.717, 1.165) is 11.1 Å². The van der Waals surface area contributed by atoms with Crippen molar-refractivity contribution in [1.29, 1.82) is 0 Å². The van der Waals surface area contributed by atoms with Crippen LogP contribution in [0.4, 0.5) is 5.82 Å². The standard InChI is InChI=1S/C20H19N5O3/c1-12-22-18(21)17-19(23-12)25(20(27)24-17)10-13-2-6-15(7-3-13)28-16-8-4-14(11-26)5-9-16/h2-9,26H,10-11H2,1H3,(H,24,27)(H2,21,22,23). The fraction of sp³-hybridized carbons (Fsp3) is 0.150. The molecular weight excluding hydrogens is 358 g/mol. The number of aromatic amines is 1. The highest BCUT2D eigenvalue weighted by Crippen LogP contribution is 2.23. The van der Waals surface area contributed by atoms with Crippen LogP contribution in [0.1, 0.15) is 17.0 Å². The van der Waals surface area contributed by atoms with Crippen LogP contribution in [-0.2, 0) is 13.2 Å². The van der Waals surface area contributed by atoms with Gasteiger partial charge >= 0.3 is 5.69 Å². The first-order valence-corrected chi connectivity index (χ1v) is 8.72. The lowest BCUT2D eigenvalue weighted by Crippen LogP contribution is -2.17. The van der Waals surface area contributed by atoms with Crippen molar-refractivity contribution in [3.05, 3.63) is 76.0 Å². The van der Waals surface area contributed by atoms with Crippen LogP contribution in [0.25, 0.3) is 11.2 Å². The van der Waals surface area contributed by atoms with E-state index in [0.29, 0.717) is 35.0 Å². The SMILES string of the molecule is Cc1nc(N)c2[nH]c(=O)n(Cc3ccc(Oc4ccc(CO)cc4)cc3)c2n1. The van der Waals surface area contributed by atoms with Gasteiger partial charge in [-0.05, 0) is 42.3 Å². The minimum Gasteiger partial charge on any atom is -0.457 e. The van der Waals surface area contributed by atoms with E-state index >= 15 is 0 Å². The Labute approximate surface area is 160 Å². The molecule has 2 aromatic heterocycles. The minimum absolute atomic E-state index is 0.00171. The number of aliphatic hydroxyl groups excluding tert-OH is 1. The average molecular weight is 377 g/mol.